The number of fused-ring (bicyclic) bond motifs is 2. The Morgan fingerprint density at radius 2 is 0.765 bits per heavy atom. The summed E-state index contributed by atoms with van der Waals surface area (Å²) in [7, 11) is 0.777. The molecular formula is C30H24Cl2HfSi. The Labute approximate surface area is 236 Å². The number of halogens is 2. The van der Waals surface area contributed by atoms with Gasteiger partial charge in [0.25, 0.3) is 0 Å². The second-order valence-electron chi connectivity index (χ2n) is 7.17. The van der Waals surface area contributed by atoms with Gasteiger partial charge in [0.05, 0.1) is 0 Å². The first-order valence-corrected chi connectivity index (χ1v) is 11.5. The Morgan fingerprint density at radius 3 is 1.15 bits per heavy atom. The molecule has 0 saturated carbocycles. The summed E-state index contributed by atoms with van der Waals surface area (Å²) in [5.41, 5.74) is 0. The van der Waals surface area contributed by atoms with Crippen molar-refractivity contribution < 1.29 is 50.7 Å². The molecule has 0 bridgehead atoms. The summed E-state index contributed by atoms with van der Waals surface area (Å²) in [5, 5.41) is 8.12. The summed E-state index contributed by atoms with van der Waals surface area (Å²) in [6.45, 7) is 0. The van der Waals surface area contributed by atoms with Crippen LogP contribution in [0.15, 0.2) is 146 Å². The predicted octanol–water partition coefficient (Wildman–Crippen LogP) is 0.465. The summed E-state index contributed by atoms with van der Waals surface area (Å²) >= 11 is 0. The van der Waals surface area contributed by atoms with Gasteiger partial charge in [-0.2, -0.15) is 35.0 Å². The molecule has 0 heterocycles. The standard InChI is InChI=1S/C12H10Si.2C9H7.2ClH.Hf/c1-3-7-11(8-4-1)13-12-9-5-2-6-10-12;2*1-2-5-9-7-3-6-8(9)4-1;;;/h1-10H;2*1-7H;2*1H;/q;2*-1;;;+4/p-2. The molecule has 0 aromatic heterocycles. The molecule has 34 heavy (non-hydrogen) atoms. The van der Waals surface area contributed by atoms with E-state index in [1.54, 1.807) is 0 Å². The third-order valence-electron chi connectivity index (χ3n) is 4.93. The predicted molar refractivity (Wildman–Crippen MR) is 137 cm³/mol. The quantitative estimate of drug-likeness (QED) is 0.187. The molecule has 6 rings (SSSR count). The van der Waals surface area contributed by atoms with Crippen LogP contribution in [0.3, 0.4) is 0 Å². The van der Waals surface area contributed by atoms with Gasteiger partial charge in [0, 0.05) is 0 Å². The molecule has 0 aliphatic carbocycles. The van der Waals surface area contributed by atoms with Crippen LogP contribution < -0.4 is 35.2 Å². The molecular weight excluding hydrogens is 638 g/mol. The molecule has 0 nitrogen and oxygen atoms in total. The molecule has 4 heteroatoms. The molecule has 0 unspecified atom stereocenters. The topological polar surface area (TPSA) is 0 Å². The summed E-state index contributed by atoms with van der Waals surface area (Å²) in [5.74, 6) is 0. The minimum atomic E-state index is 0. The van der Waals surface area contributed by atoms with Crippen LogP contribution in [0.1, 0.15) is 0 Å². The minimum Gasteiger partial charge on any atom is -1.00 e. The molecule has 0 aliphatic heterocycles. The maximum absolute atomic E-state index is 2.17. The van der Waals surface area contributed by atoms with Crippen LogP contribution in [-0.4, -0.2) is 9.52 Å². The molecule has 0 atom stereocenters. The molecule has 0 spiro atoms. The zero-order valence-electron chi connectivity index (χ0n) is 18.6. The van der Waals surface area contributed by atoms with E-state index in [9.17, 15) is 0 Å². The van der Waals surface area contributed by atoms with Crippen molar-refractivity contribution in [3.63, 3.8) is 0 Å². The molecule has 6 aromatic rings. The van der Waals surface area contributed by atoms with Crippen LogP contribution in [0.2, 0.25) is 0 Å². The molecule has 0 N–H and O–H groups in total. The normalized spacial score (nSPS) is 9.18. The van der Waals surface area contributed by atoms with Gasteiger partial charge in [-0.15, -0.1) is 59.3 Å². The van der Waals surface area contributed by atoms with Crippen molar-refractivity contribution in [3.8, 4) is 0 Å². The Kier molecular flexibility index (Phi) is 14.4. The van der Waals surface area contributed by atoms with Crippen LogP contribution in [0.4, 0.5) is 0 Å². The van der Waals surface area contributed by atoms with E-state index in [1.165, 1.54) is 31.9 Å². The van der Waals surface area contributed by atoms with E-state index in [0.29, 0.717) is 0 Å². The molecule has 0 fully saturated rings. The number of benzene rings is 4. The Hall–Kier alpha value is -2.23. The average Bonchev–Trinajstić information content (AvgIpc) is 3.51. The zero-order valence-corrected chi connectivity index (χ0v) is 24.7. The molecule has 166 valence electrons. The van der Waals surface area contributed by atoms with E-state index in [-0.39, 0.29) is 50.7 Å². The zero-order chi connectivity index (χ0) is 21.1. The summed E-state index contributed by atoms with van der Waals surface area (Å²) in [6.07, 6.45) is 0. The fourth-order valence-corrected chi connectivity index (χ4v) is 4.40. The maximum atomic E-state index is 2.17. The Morgan fingerprint density at radius 1 is 0.412 bits per heavy atom. The minimum absolute atomic E-state index is 0. The van der Waals surface area contributed by atoms with Gasteiger partial charge in [0.15, 0.2) is 0 Å². The molecule has 0 saturated heterocycles. The fraction of sp³-hybridized carbons (Fsp3) is 0. The Balaban J connectivity index is 0.000000249. The van der Waals surface area contributed by atoms with Crippen LogP contribution in [0.25, 0.3) is 21.5 Å². The van der Waals surface area contributed by atoms with Crippen LogP contribution >= 0.6 is 0 Å². The van der Waals surface area contributed by atoms with E-state index in [0.717, 1.165) is 9.52 Å². The largest absolute Gasteiger partial charge is 4.00 e. The van der Waals surface area contributed by atoms with Crippen molar-refractivity contribution in [1.82, 2.24) is 0 Å². The molecule has 6 aromatic carbocycles. The van der Waals surface area contributed by atoms with E-state index < -0.39 is 0 Å². The van der Waals surface area contributed by atoms with E-state index in [1.807, 2.05) is 0 Å². The van der Waals surface area contributed by atoms with E-state index >= 15 is 0 Å². The summed E-state index contributed by atoms with van der Waals surface area (Å²) in [6, 6.07) is 50.5. The van der Waals surface area contributed by atoms with Crippen LogP contribution in [0, 0.1) is 0 Å². The Bertz CT molecular complexity index is 1150. The number of hydrogen-bond acceptors (Lipinski definition) is 0. The fourth-order valence-electron chi connectivity index (χ4n) is 3.35. The van der Waals surface area contributed by atoms with Crippen molar-refractivity contribution in [1.29, 1.82) is 0 Å². The second kappa shape index (κ2) is 16.4. The van der Waals surface area contributed by atoms with Gasteiger partial charge in [0.1, 0.15) is 9.52 Å². The third-order valence-corrected chi connectivity index (χ3v) is 6.18. The van der Waals surface area contributed by atoms with Gasteiger partial charge in [0.2, 0.25) is 0 Å². The van der Waals surface area contributed by atoms with Crippen molar-refractivity contribution in [2.24, 2.45) is 0 Å². The first kappa shape index (κ1) is 29.8. The monoisotopic (exact) mass is 662 g/mol. The van der Waals surface area contributed by atoms with Gasteiger partial charge >= 0.3 is 25.8 Å². The summed E-state index contributed by atoms with van der Waals surface area (Å²) in [4.78, 5) is 0. The second-order valence-corrected chi connectivity index (χ2v) is 8.57. The van der Waals surface area contributed by atoms with Crippen molar-refractivity contribution in [2.75, 3.05) is 0 Å². The van der Waals surface area contributed by atoms with Crippen LogP contribution in [0.5, 0.6) is 0 Å². The van der Waals surface area contributed by atoms with Gasteiger partial charge in [-0.3, -0.25) is 0 Å². The van der Waals surface area contributed by atoms with Gasteiger partial charge in [-0.05, 0) is 0 Å². The first-order valence-electron chi connectivity index (χ1n) is 10.5. The smallest absolute Gasteiger partial charge is 1.00 e. The molecule has 0 amide bonds. The SMILES string of the molecule is [Cl-].[Cl-].[Hf+4].c1ccc([Si]c2ccccc2)cc1.c1ccc2[cH-]ccc2c1.c1ccc2[cH-]ccc2c1. The average molecular weight is 662 g/mol. The molecule has 2 radical (unpaired) electrons. The van der Waals surface area contributed by atoms with Gasteiger partial charge in [-0.1, -0.05) is 83.2 Å². The van der Waals surface area contributed by atoms with Crippen molar-refractivity contribution in [3.05, 3.63) is 146 Å². The van der Waals surface area contributed by atoms with E-state index in [4.69, 9.17) is 0 Å². The molecule has 0 aliphatic rings. The van der Waals surface area contributed by atoms with Crippen LogP contribution in [-0.2, 0) is 25.8 Å². The van der Waals surface area contributed by atoms with Gasteiger partial charge in [-0.25, -0.2) is 0 Å². The third kappa shape index (κ3) is 9.19. The maximum Gasteiger partial charge on any atom is 4.00 e. The first-order chi connectivity index (χ1) is 15.4. The van der Waals surface area contributed by atoms with Crippen molar-refractivity contribution >= 4 is 41.4 Å². The number of rotatable bonds is 2. The number of hydrogen-bond donors (Lipinski definition) is 0. The van der Waals surface area contributed by atoms with Gasteiger partial charge < -0.3 is 24.8 Å². The van der Waals surface area contributed by atoms with Crippen molar-refractivity contribution in [2.45, 2.75) is 0 Å². The van der Waals surface area contributed by atoms with E-state index in [2.05, 4.69) is 146 Å². The summed E-state index contributed by atoms with van der Waals surface area (Å²) < 4.78 is 0.